The quantitative estimate of drug-likeness (QED) is 0.142. The second kappa shape index (κ2) is 16.7. The number of benzene rings is 8. The van der Waals surface area contributed by atoms with E-state index in [1.54, 1.807) is 6.07 Å². The van der Waals surface area contributed by atoms with Crippen molar-refractivity contribution < 1.29 is 18.7 Å². The first-order chi connectivity index (χ1) is 31.2. The van der Waals surface area contributed by atoms with Crippen molar-refractivity contribution in [2.75, 3.05) is 13.1 Å². The van der Waals surface area contributed by atoms with E-state index in [-0.39, 0.29) is 12.3 Å². The van der Waals surface area contributed by atoms with Crippen LogP contribution in [0.25, 0.3) is 44.5 Å². The zero-order valence-corrected chi connectivity index (χ0v) is 40.7. The molecule has 0 bridgehead atoms. The average Bonchev–Trinajstić information content (AvgIpc) is 3.33. The molecule has 6 nitrogen and oxygen atoms in total. The fraction of sp³-hybridized carbons (Fsp3) is 0.0400. The van der Waals surface area contributed by atoms with Gasteiger partial charge in [0.1, 0.15) is 23.0 Å². The summed E-state index contributed by atoms with van der Waals surface area (Å²) in [5, 5.41) is 14.8. The van der Waals surface area contributed by atoms with Crippen molar-refractivity contribution in [1.29, 1.82) is 0 Å². The first kappa shape index (κ1) is 42.0. The molecular weight excluding hydrogens is 945 g/mol. The molecule has 0 radical (unpaired) electrons. The second-order valence-corrected chi connectivity index (χ2v) is 29.6. The molecule has 0 aliphatic carbocycles. The van der Waals surface area contributed by atoms with E-state index in [0.717, 1.165) is 60.2 Å². The number of fused-ring (bicyclic) bond motifs is 9. The van der Waals surface area contributed by atoms with Gasteiger partial charge in [0, 0.05) is 50.3 Å². The fourth-order valence-electron chi connectivity index (χ4n) is 8.83. The summed E-state index contributed by atoms with van der Waals surface area (Å²) in [5.74, 6) is 2.28. The van der Waals surface area contributed by atoms with E-state index in [1.807, 2.05) is 127 Å². The Morgan fingerprint density at radius 2 is 0.734 bits per heavy atom. The Bertz CT molecular complexity index is 3260. The molecule has 3 aliphatic heterocycles. The molecule has 14 heteroatoms. The molecule has 4 unspecified atom stereocenters. The summed E-state index contributed by atoms with van der Waals surface area (Å²) in [6, 6.07) is 64.4. The monoisotopic (exact) mass is 981 g/mol. The van der Waals surface area contributed by atoms with E-state index < -0.39 is 26.1 Å². The maximum atomic E-state index is 11.2. The molecule has 3 aliphatic rings. The van der Waals surface area contributed by atoms with Crippen LogP contribution >= 0.6 is 26.1 Å². The first-order valence-electron chi connectivity index (χ1n) is 20.6. The lowest BCUT2D eigenvalue weighted by Crippen LogP contribution is -2.40. The summed E-state index contributed by atoms with van der Waals surface area (Å²) in [6.45, 7) is -1.12. The summed E-state index contributed by atoms with van der Waals surface area (Å²) in [5.41, 5.74) is 7.49. The molecule has 314 valence electrons. The Kier molecular flexibility index (Phi) is 10.9. The molecule has 0 amide bonds. The van der Waals surface area contributed by atoms with Gasteiger partial charge in [-0.25, -0.2) is 0 Å². The van der Waals surface area contributed by atoms with Gasteiger partial charge in [-0.15, -0.1) is 0 Å². The van der Waals surface area contributed by atoms with Crippen LogP contribution < -0.4 is 34.8 Å². The Labute approximate surface area is 394 Å². The predicted octanol–water partition coefficient (Wildman–Crippen LogP) is 12.2. The van der Waals surface area contributed by atoms with Crippen molar-refractivity contribution in [3.63, 3.8) is 0 Å². The Morgan fingerprint density at radius 3 is 1.20 bits per heavy atom. The third-order valence-corrected chi connectivity index (χ3v) is 29.6. The number of phenolic OH excluding ortho intramolecular Hbond substituents is 1. The number of hydrogen-bond donors (Lipinski definition) is 1. The number of rotatable bonds is 9. The lowest BCUT2D eigenvalue weighted by atomic mass is 10.0. The Balaban J connectivity index is 1.13. The van der Waals surface area contributed by atoms with Gasteiger partial charge in [0.25, 0.3) is 0 Å². The van der Waals surface area contributed by atoms with Crippen LogP contribution in [0.15, 0.2) is 194 Å². The van der Waals surface area contributed by atoms with E-state index in [2.05, 4.69) is 69.5 Å². The molecule has 0 fully saturated rings. The summed E-state index contributed by atoms with van der Waals surface area (Å²) >= 11 is 28.0. The van der Waals surface area contributed by atoms with Crippen molar-refractivity contribution in [2.45, 2.75) is 0 Å². The molecule has 3 heterocycles. The van der Waals surface area contributed by atoms with Gasteiger partial charge in [-0.05, 0) is 111 Å². The normalized spacial score (nSPS) is 20.2. The van der Waals surface area contributed by atoms with Crippen molar-refractivity contribution >= 4 is 94.5 Å². The maximum absolute atomic E-state index is 11.2. The van der Waals surface area contributed by atoms with Gasteiger partial charge in [0.2, 0.25) is 19.2 Å². The molecule has 64 heavy (non-hydrogen) atoms. The van der Waals surface area contributed by atoms with Gasteiger partial charge in [-0.2, -0.15) is 4.44 Å². The minimum atomic E-state index is -3.31. The molecule has 0 aromatic heterocycles. The first-order valence-corrected chi connectivity index (χ1v) is 30.9. The highest BCUT2D eigenvalue weighted by Crippen LogP contribution is 2.71. The molecular formula is C50H37N2O4P4S4+. The molecule has 0 saturated heterocycles. The fourth-order valence-corrected chi connectivity index (χ4v) is 27.4. The van der Waals surface area contributed by atoms with Crippen molar-refractivity contribution in [3.8, 4) is 67.5 Å². The van der Waals surface area contributed by atoms with Crippen LogP contribution in [0, 0.1) is 0 Å². The second-order valence-electron chi connectivity index (χ2n) is 15.4. The van der Waals surface area contributed by atoms with Gasteiger partial charge < -0.3 is 18.7 Å². The maximum Gasteiger partial charge on any atom is 0.314 e. The highest BCUT2D eigenvalue weighted by molar-refractivity contribution is 8.23. The largest absolute Gasteiger partial charge is 0.507 e. The lowest BCUT2D eigenvalue weighted by molar-refractivity contribution is 0.477. The Morgan fingerprint density at radius 1 is 0.391 bits per heavy atom. The van der Waals surface area contributed by atoms with Crippen LogP contribution in [0.4, 0.5) is 0 Å². The van der Waals surface area contributed by atoms with Crippen molar-refractivity contribution in [1.82, 2.24) is 8.88 Å². The molecule has 4 atom stereocenters. The van der Waals surface area contributed by atoms with Crippen LogP contribution in [-0.4, -0.2) is 27.1 Å². The molecule has 0 spiro atoms. The van der Waals surface area contributed by atoms with E-state index in [0.29, 0.717) is 29.4 Å². The van der Waals surface area contributed by atoms with Gasteiger partial charge in [0.15, 0.2) is 17.1 Å². The number of para-hydroxylation sites is 4. The minimum absolute atomic E-state index is 0.166. The zero-order valence-electron chi connectivity index (χ0n) is 33.9. The SMILES string of the molecule is Oc1ccccc1-c1ccccc1[P+](=S)N(CCN(P1(=S)Oc2ccccc2-c2ccccc21)P1(=S)Oc2ccccc2-c2ccccc21)P1(=S)Oc2ccccc2-c2ccccc21. The third kappa shape index (κ3) is 6.82. The number of aromatic hydroxyl groups is 1. The molecule has 8 aromatic rings. The van der Waals surface area contributed by atoms with Crippen LogP contribution in [0.5, 0.6) is 23.0 Å². The topological polar surface area (TPSA) is 54.4 Å². The summed E-state index contributed by atoms with van der Waals surface area (Å²) in [7, 11) is 0. The van der Waals surface area contributed by atoms with E-state index >= 15 is 0 Å². The summed E-state index contributed by atoms with van der Waals surface area (Å²) in [4.78, 5) is 0. The standard InChI is InChI=1S/C50H36N2O4P4S4/c53-43-25-9-1-17-35(43)39-21-5-13-29-47(39)57(61)51(58(62)48-30-14-6-22-40(48)36-18-2-10-26-44(36)54-58)33-34-52(59(63)49-31-15-7-23-41(49)37-19-3-11-27-45(37)55-59)60(64)50-32-16-8-24-42(50)38-20-4-12-28-46(38)56-60/h1-32H,33-34H2/p+1. The van der Waals surface area contributed by atoms with Gasteiger partial charge in [-0.1, -0.05) is 140 Å². The van der Waals surface area contributed by atoms with Gasteiger partial charge in [0.05, 0.1) is 6.54 Å². The zero-order chi connectivity index (χ0) is 43.6. The van der Waals surface area contributed by atoms with E-state index in [4.69, 9.17) is 60.8 Å². The smallest absolute Gasteiger partial charge is 0.314 e. The molecule has 8 aromatic carbocycles. The molecule has 1 N–H and O–H groups in total. The van der Waals surface area contributed by atoms with Crippen LogP contribution in [0.2, 0.25) is 0 Å². The van der Waals surface area contributed by atoms with E-state index in [9.17, 15) is 5.11 Å². The van der Waals surface area contributed by atoms with Crippen molar-refractivity contribution in [2.24, 2.45) is 0 Å². The van der Waals surface area contributed by atoms with Crippen LogP contribution in [0.1, 0.15) is 0 Å². The number of phenols is 1. The lowest BCUT2D eigenvalue weighted by Gasteiger charge is -2.46. The van der Waals surface area contributed by atoms with E-state index in [1.165, 1.54) is 0 Å². The highest BCUT2D eigenvalue weighted by atomic mass is 32.5. The minimum Gasteiger partial charge on any atom is -0.507 e. The number of nitrogens with zero attached hydrogens (tertiary/aromatic N) is 2. The average molecular weight is 982 g/mol. The molecule has 0 saturated carbocycles. The Hall–Kier alpha value is -4.65. The highest BCUT2D eigenvalue weighted by Gasteiger charge is 2.52. The van der Waals surface area contributed by atoms with Crippen LogP contribution in [0.3, 0.4) is 0 Å². The molecule has 11 rings (SSSR count). The summed E-state index contributed by atoms with van der Waals surface area (Å²) in [6.07, 6.45) is -9.86. The van der Waals surface area contributed by atoms with Gasteiger partial charge >= 0.3 is 6.85 Å². The van der Waals surface area contributed by atoms with Gasteiger partial charge in [-0.3, -0.25) is 0 Å². The third-order valence-electron chi connectivity index (χ3n) is 11.7. The number of hydrogen-bond acceptors (Lipinski definition) is 8. The van der Waals surface area contributed by atoms with Crippen LogP contribution in [-0.2, 0) is 47.2 Å². The summed E-state index contributed by atoms with van der Waals surface area (Å²) < 4.78 is 26.3. The van der Waals surface area contributed by atoms with Crippen molar-refractivity contribution in [3.05, 3.63) is 194 Å². The predicted molar refractivity (Wildman–Crippen MR) is 280 cm³/mol.